The minimum atomic E-state index is -0.233. The lowest BCUT2D eigenvalue weighted by Crippen LogP contribution is -2.37. The van der Waals surface area contributed by atoms with Crippen molar-refractivity contribution in [3.05, 3.63) is 57.3 Å². The molecule has 1 fully saturated rings. The number of carbonyl (C=O) groups is 1. The van der Waals surface area contributed by atoms with Crippen LogP contribution in [-0.2, 0) is 17.6 Å². The Morgan fingerprint density at radius 2 is 2.00 bits per heavy atom. The Balaban J connectivity index is 1.32. The second-order valence-corrected chi connectivity index (χ2v) is 9.59. The number of halogens is 1. The van der Waals surface area contributed by atoms with E-state index in [1.165, 1.54) is 12.1 Å². The van der Waals surface area contributed by atoms with Crippen molar-refractivity contribution in [1.82, 2.24) is 14.5 Å². The van der Waals surface area contributed by atoms with Crippen LogP contribution in [0, 0.1) is 5.82 Å². The highest BCUT2D eigenvalue weighted by atomic mass is 32.2. The molecule has 1 aromatic heterocycles. The molecule has 0 bridgehead atoms. The van der Waals surface area contributed by atoms with Crippen LogP contribution in [0.4, 0.5) is 4.39 Å². The van der Waals surface area contributed by atoms with Crippen LogP contribution in [0.3, 0.4) is 0 Å². The molecule has 1 saturated heterocycles. The highest BCUT2D eigenvalue weighted by Gasteiger charge is 2.33. The van der Waals surface area contributed by atoms with Gasteiger partial charge in [-0.3, -0.25) is 14.2 Å². The number of thioether (sulfide) groups is 1. The lowest BCUT2D eigenvalue weighted by atomic mass is 9.94. The van der Waals surface area contributed by atoms with Crippen molar-refractivity contribution in [2.75, 3.05) is 18.8 Å². The summed E-state index contributed by atoms with van der Waals surface area (Å²) in [7, 11) is 0. The Morgan fingerprint density at radius 3 is 2.83 bits per heavy atom. The van der Waals surface area contributed by atoms with Crippen LogP contribution in [0.2, 0.25) is 0 Å². The lowest BCUT2D eigenvalue weighted by Gasteiger charge is -2.26. The van der Waals surface area contributed by atoms with Gasteiger partial charge in [0, 0.05) is 36.7 Å². The van der Waals surface area contributed by atoms with E-state index in [0.717, 1.165) is 72.8 Å². The number of rotatable bonds is 3. The molecule has 5 rings (SSSR count). The van der Waals surface area contributed by atoms with E-state index in [4.69, 9.17) is 4.98 Å². The maximum atomic E-state index is 13.3. The van der Waals surface area contributed by atoms with Crippen molar-refractivity contribution in [2.24, 2.45) is 0 Å². The SMILES string of the molecule is O=C(C[C@@H]1CSc2nc3c(c(=O)n21)CCC3)N1CCCC[C@@H](c2ccc(F)cc2)C1. The number of likely N-dealkylation sites (tertiary alicyclic amines) is 1. The summed E-state index contributed by atoms with van der Waals surface area (Å²) in [6, 6.07) is 6.55. The van der Waals surface area contributed by atoms with Crippen LogP contribution in [0.25, 0.3) is 0 Å². The average molecular weight is 428 g/mol. The van der Waals surface area contributed by atoms with Gasteiger partial charge in [0.15, 0.2) is 5.16 Å². The van der Waals surface area contributed by atoms with Crippen LogP contribution in [0.5, 0.6) is 0 Å². The quantitative estimate of drug-likeness (QED) is 0.701. The summed E-state index contributed by atoms with van der Waals surface area (Å²) < 4.78 is 15.1. The number of aromatic nitrogens is 2. The molecule has 2 aromatic rings. The fourth-order valence-corrected chi connectivity index (χ4v) is 6.16. The molecule has 5 nitrogen and oxygen atoms in total. The van der Waals surface area contributed by atoms with E-state index >= 15 is 0 Å². The predicted molar refractivity (Wildman–Crippen MR) is 114 cm³/mol. The number of hydrogen-bond donors (Lipinski definition) is 0. The molecule has 1 aliphatic carbocycles. The van der Waals surface area contributed by atoms with Gasteiger partial charge in [-0.25, -0.2) is 9.37 Å². The predicted octanol–water partition coefficient (Wildman–Crippen LogP) is 3.70. The third kappa shape index (κ3) is 3.68. The lowest BCUT2D eigenvalue weighted by molar-refractivity contribution is -0.132. The molecule has 158 valence electrons. The summed E-state index contributed by atoms with van der Waals surface area (Å²) in [6.07, 6.45) is 6.08. The third-order valence-electron chi connectivity index (χ3n) is 6.65. The number of hydrogen-bond acceptors (Lipinski definition) is 4. The molecule has 2 atom stereocenters. The summed E-state index contributed by atoms with van der Waals surface area (Å²) >= 11 is 1.59. The maximum absolute atomic E-state index is 13.3. The molecule has 0 saturated carbocycles. The van der Waals surface area contributed by atoms with Gasteiger partial charge in [0.1, 0.15) is 5.82 Å². The number of aryl methyl sites for hydroxylation is 1. The number of fused-ring (bicyclic) bond motifs is 2. The van der Waals surface area contributed by atoms with Crippen LogP contribution in [-0.4, -0.2) is 39.2 Å². The van der Waals surface area contributed by atoms with Gasteiger partial charge in [-0.15, -0.1) is 0 Å². The monoisotopic (exact) mass is 427 g/mol. The molecule has 30 heavy (non-hydrogen) atoms. The summed E-state index contributed by atoms with van der Waals surface area (Å²) in [5.41, 5.74) is 2.97. The smallest absolute Gasteiger partial charge is 0.257 e. The molecular formula is C23H26FN3O2S. The van der Waals surface area contributed by atoms with Crippen molar-refractivity contribution < 1.29 is 9.18 Å². The Labute approximate surface area is 179 Å². The summed E-state index contributed by atoms with van der Waals surface area (Å²) in [5.74, 6) is 0.833. The van der Waals surface area contributed by atoms with Crippen molar-refractivity contribution in [1.29, 1.82) is 0 Å². The summed E-state index contributed by atoms with van der Waals surface area (Å²) in [6.45, 7) is 1.41. The van der Waals surface area contributed by atoms with Gasteiger partial charge in [0.05, 0.1) is 11.7 Å². The van der Waals surface area contributed by atoms with Crippen LogP contribution in [0.1, 0.15) is 60.9 Å². The first-order chi connectivity index (χ1) is 14.6. The Morgan fingerprint density at radius 1 is 1.17 bits per heavy atom. The largest absolute Gasteiger partial charge is 0.342 e. The molecule has 3 heterocycles. The standard InChI is InChI=1S/C23H26FN3O2S/c24-17-9-7-15(8-10-17)16-4-1-2-11-26(13-16)21(28)12-18-14-30-23-25-20-6-3-5-19(20)22(29)27(18)23/h7-10,16,18H,1-6,11-14H2/t16-,18-/m1/s1. The Bertz CT molecular complexity index is 1020. The highest BCUT2D eigenvalue weighted by molar-refractivity contribution is 7.99. The van der Waals surface area contributed by atoms with Crippen molar-refractivity contribution in [3.63, 3.8) is 0 Å². The van der Waals surface area contributed by atoms with Crippen LogP contribution in [0.15, 0.2) is 34.2 Å². The van der Waals surface area contributed by atoms with Gasteiger partial charge < -0.3 is 4.90 Å². The van der Waals surface area contributed by atoms with E-state index in [1.54, 1.807) is 16.3 Å². The maximum Gasteiger partial charge on any atom is 0.257 e. The zero-order valence-electron chi connectivity index (χ0n) is 17.0. The van der Waals surface area contributed by atoms with Gasteiger partial charge in [-0.2, -0.15) is 0 Å². The van der Waals surface area contributed by atoms with Gasteiger partial charge >= 0.3 is 0 Å². The first kappa shape index (κ1) is 19.8. The van der Waals surface area contributed by atoms with Crippen molar-refractivity contribution >= 4 is 17.7 Å². The molecule has 1 aromatic carbocycles. The normalized spacial score (nSPS) is 23.2. The minimum absolute atomic E-state index is 0.0651. The average Bonchev–Trinajstić information content (AvgIpc) is 3.29. The molecule has 0 spiro atoms. The first-order valence-corrected chi connectivity index (χ1v) is 11.9. The molecule has 3 aliphatic rings. The van der Waals surface area contributed by atoms with Crippen LogP contribution >= 0.6 is 11.8 Å². The number of amides is 1. The molecule has 0 unspecified atom stereocenters. The molecule has 7 heteroatoms. The third-order valence-corrected chi connectivity index (χ3v) is 7.75. The number of carbonyl (C=O) groups excluding carboxylic acids is 1. The minimum Gasteiger partial charge on any atom is -0.342 e. The number of nitrogens with zero attached hydrogens (tertiary/aromatic N) is 3. The zero-order chi connectivity index (χ0) is 20.7. The van der Waals surface area contributed by atoms with Gasteiger partial charge in [0.25, 0.3) is 5.56 Å². The first-order valence-electron chi connectivity index (χ1n) is 10.9. The second-order valence-electron chi connectivity index (χ2n) is 8.60. The zero-order valence-corrected chi connectivity index (χ0v) is 17.8. The van der Waals surface area contributed by atoms with E-state index in [9.17, 15) is 14.0 Å². The van der Waals surface area contributed by atoms with E-state index in [1.807, 2.05) is 17.0 Å². The highest BCUT2D eigenvalue weighted by Crippen LogP contribution is 2.35. The molecule has 0 N–H and O–H groups in total. The summed E-state index contributed by atoms with van der Waals surface area (Å²) in [5, 5.41) is 0.776. The Hall–Kier alpha value is -2.15. The molecular weight excluding hydrogens is 401 g/mol. The molecule has 0 radical (unpaired) electrons. The Kier molecular flexibility index (Phi) is 5.39. The summed E-state index contributed by atoms with van der Waals surface area (Å²) in [4.78, 5) is 32.9. The van der Waals surface area contributed by atoms with E-state index < -0.39 is 0 Å². The van der Waals surface area contributed by atoms with Gasteiger partial charge in [0.2, 0.25) is 5.91 Å². The van der Waals surface area contributed by atoms with E-state index in [0.29, 0.717) is 13.0 Å². The van der Waals surface area contributed by atoms with E-state index in [-0.39, 0.29) is 29.2 Å². The van der Waals surface area contributed by atoms with E-state index in [2.05, 4.69) is 0 Å². The second kappa shape index (κ2) is 8.17. The topological polar surface area (TPSA) is 55.2 Å². The van der Waals surface area contributed by atoms with Crippen molar-refractivity contribution in [3.8, 4) is 0 Å². The van der Waals surface area contributed by atoms with Gasteiger partial charge in [-0.05, 0) is 49.8 Å². The van der Waals surface area contributed by atoms with Crippen LogP contribution < -0.4 is 5.56 Å². The van der Waals surface area contributed by atoms with Gasteiger partial charge in [-0.1, -0.05) is 30.3 Å². The fourth-order valence-electron chi connectivity index (χ4n) is 5.01. The molecule has 2 aliphatic heterocycles. The number of benzene rings is 1. The van der Waals surface area contributed by atoms with Crippen molar-refractivity contribution in [2.45, 2.75) is 62.1 Å². The molecule has 1 amide bonds. The fraction of sp³-hybridized carbons (Fsp3) is 0.522.